The molecule has 2 heterocycles. The maximum absolute atomic E-state index is 5.90. The molecule has 4 nitrogen and oxygen atoms in total. The lowest BCUT2D eigenvalue weighted by Crippen LogP contribution is -2.41. The molecule has 0 aliphatic carbocycles. The monoisotopic (exact) mass is 275 g/mol. The minimum Gasteiger partial charge on any atom is -0.481 e. The normalized spacial score (nSPS) is 20.6. The SMILES string of the molecule is COc1nc(/C=C/B2OC(C)(C)C(C)(C)O2)ccc1C. The first-order valence-corrected chi connectivity index (χ1v) is 6.81. The second-order valence-corrected chi connectivity index (χ2v) is 6.05. The zero-order chi connectivity index (χ0) is 15.0. The topological polar surface area (TPSA) is 40.6 Å². The van der Waals surface area contributed by atoms with E-state index in [9.17, 15) is 0 Å². The van der Waals surface area contributed by atoms with Crippen molar-refractivity contribution in [3.05, 3.63) is 29.4 Å². The molecule has 1 aromatic rings. The van der Waals surface area contributed by atoms with E-state index in [1.54, 1.807) is 7.11 Å². The molecule has 1 saturated heterocycles. The third-order valence-corrected chi connectivity index (χ3v) is 3.96. The smallest absolute Gasteiger partial charge is 0.481 e. The van der Waals surface area contributed by atoms with Crippen LogP contribution in [-0.4, -0.2) is 30.4 Å². The number of nitrogens with zero attached hydrogens (tertiary/aromatic N) is 1. The van der Waals surface area contributed by atoms with E-state index in [-0.39, 0.29) is 18.3 Å². The van der Waals surface area contributed by atoms with Crippen LogP contribution in [0.25, 0.3) is 6.08 Å². The minimum absolute atomic E-state index is 0.319. The van der Waals surface area contributed by atoms with Crippen molar-refractivity contribution in [1.29, 1.82) is 0 Å². The summed E-state index contributed by atoms with van der Waals surface area (Å²) in [7, 11) is 1.27. The first kappa shape index (κ1) is 15.1. The molecular weight excluding hydrogens is 253 g/mol. The van der Waals surface area contributed by atoms with Crippen LogP contribution in [0.4, 0.5) is 0 Å². The Balaban J connectivity index is 2.12. The quantitative estimate of drug-likeness (QED) is 0.795. The number of rotatable bonds is 3. The summed E-state index contributed by atoms with van der Waals surface area (Å²) in [4.78, 5) is 4.40. The van der Waals surface area contributed by atoms with Crippen LogP contribution in [-0.2, 0) is 9.31 Å². The van der Waals surface area contributed by atoms with Gasteiger partial charge in [0.2, 0.25) is 5.88 Å². The summed E-state index contributed by atoms with van der Waals surface area (Å²) in [5.74, 6) is 2.52. The van der Waals surface area contributed by atoms with Gasteiger partial charge in [0.1, 0.15) is 0 Å². The van der Waals surface area contributed by atoms with Gasteiger partial charge >= 0.3 is 7.12 Å². The summed E-state index contributed by atoms with van der Waals surface area (Å²) in [6, 6.07) is 3.93. The maximum Gasteiger partial charge on any atom is 0.487 e. The molecule has 0 atom stereocenters. The highest BCUT2D eigenvalue weighted by Crippen LogP contribution is 2.37. The molecule has 5 heteroatoms. The first-order valence-electron chi connectivity index (χ1n) is 6.81. The highest BCUT2D eigenvalue weighted by Gasteiger charge is 2.49. The van der Waals surface area contributed by atoms with Crippen LogP contribution < -0.4 is 4.74 Å². The van der Waals surface area contributed by atoms with Crippen LogP contribution >= 0.6 is 0 Å². The number of aryl methyl sites for hydroxylation is 1. The number of pyridine rings is 1. The third kappa shape index (κ3) is 2.89. The molecule has 0 amide bonds. The molecule has 0 aromatic carbocycles. The predicted octanol–water partition coefficient (Wildman–Crippen LogP) is 3.04. The van der Waals surface area contributed by atoms with Crippen molar-refractivity contribution in [3.63, 3.8) is 0 Å². The number of ether oxygens (including phenoxy) is 1. The van der Waals surface area contributed by atoms with Crippen LogP contribution in [0.1, 0.15) is 39.0 Å². The zero-order valence-corrected chi connectivity index (χ0v) is 13.1. The third-order valence-electron chi connectivity index (χ3n) is 3.96. The van der Waals surface area contributed by atoms with Crippen molar-refractivity contribution in [3.8, 4) is 5.88 Å². The molecule has 0 unspecified atom stereocenters. The van der Waals surface area contributed by atoms with Gasteiger partial charge in [0.05, 0.1) is 24.0 Å². The Hall–Kier alpha value is -1.33. The van der Waals surface area contributed by atoms with Crippen molar-refractivity contribution < 1.29 is 14.0 Å². The van der Waals surface area contributed by atoms with Gasteiger partial charge in [0, 0.05) is 5.56 Å². The van der Waals surface area contributed by atoms with E-state index in [1.807, 2.05) is 58.8 Å². The van der Waals surface area contributed by atoms with E-state index in [0.717, 1.165) is 11.3 Å². The Morgan fingerprint density at radius 3 is 2.30 bits per heavy atom. The molecule has 1 fully saturated rings. The van der Waals surface area contributed by atoms with Crippen molar-refractivity contribution in [2.24, 2.45) is 0 Å². The van der Waals surface area contributed by atoms with E-state index in [0.29, 0.717) is 5.88 Å². The molecule has 0 spiro atoms. The Bertz CT molecular complexity index is 510. The van der Waals surface area contributed by atoms with Crippen LogP contribution in [0.5, 0.6) is 5.88 Å². The number of hydrogen-bond donors (Lipinski definition) is 0. The summed E-state index contributed by atoms with van der Waals surface area (Å²) < 4.78 is 17.0. The second-order valence-electron chi connectivity index (χ2n) is 6.05. The fourth-order valence-corrected chi connectivity index (χ4v) is 1.97. The highest BCUT2D eigenvalue weighted by molar-refractivity contribution is 6.52. The molecule has 0 saturated carbocycles. The summed E-state index contributed by atoms with van der Waals surface area (Å²) in [6.07, 6.45) is 1.89. The fraction of sp³-hybridized carbons (Fsp3) is 0.533. The number of hydrogen-bond acceptors (Lipinski definition) is 4. The summed E-state index contributed by atoms with van der Waals surface area (Å²) in [5.41, 5.74) is 1.20. The van der Waals surface area contributed by atoms with Gasteiger partial charge in [-0.3, -0.25) is 0 Å². The lowest BCUT2D eigenvalue weighted by atomic mass is 9.89. The lowest BCUT2D eigenvalue weighted by Gasteiger charge is -2.32. The molecule has 0 N–H and O–H groups in total. The highest BCUT2D eigenvalue weighted by atomic mass is 16.7. The number of aromatic nitrogens is 1. The molecule has 1 aliphatic rings. The molecule has 1 aliphatic heterocycles. The Morgan fingerprint density at radius 1 is 1.15 bits per heavy atom. The minimum atomic E-state index is -0.353. The van der Waals surface area contributed by atoms with E-state index in [4.69, 9.17) is 14.0 Å². The Morgan fingerprint density at radius 2 is 1.75 bits per heavy atom. The van der Waals surface area contributed by atoms with Gasteiger partial charge in [-0.05, 0) is 46.8 Å². The Labute approximate surface area is 121 Å². The molecule has 108 valence electrons. The lowest BCUT2D eigenvalue weighted by molar-refractivity contribution is 0.00578. The van der Waals surface area contributed by atoms with E-state index >= 15 is 0 Å². The summed E-state index contributed by atoms with van der Waals surface area (Å²) in [5, 5.41) is 0. The molecule has 0 radical (unpaired) electrons. The molecule has 0 bridgehead atoms. The van der Waals surface area contributed by atoms with Crippen molar-refractivity contribution in [2.75, 3.05) is 7.11 Å². The van der Waals surface area contributed by atoms with Gasteiger partial charge in [-0.2, -0.15) is 0 Å². The molecule has 20 heavy (non-hydrogen) atoms. The van der Waals surface area contributed by atoms with Crippen molar-refractivity contribution in [2.45, 2.75) is 45.8 Å². The first-order chi connectivity index (χ1) is 9.25. The van der Waals surface area contributed by atoms with Crippen LogP contribution in [0.15, 0.2) is 18.1 Å². The van der Waals surface area contributed by atoms with Crippen LogP contribution in [0, 0.1) is 6.92 Å². The number of methoxy groups -OCH3 is 1. The van der Waals surface area contributed by atoms with E-state index in [2.05, 4.69) is 4.98 Å². The summed E-state index contributed by atoms with van der Waals surface area (Å²) in [6.45, 7) is 10.1. The fourth-order valence-electron chi connectivity index (χ4n) is 1.97. The standard InChI is InChI=1S/C15H22BNO3/c1-11-7-8-12(17-13(11)18-6)9-10-16-19-14(2,3)15(4,5)20-16/h7-10H,1-6H3/b10-9+. The molecule has 1 aromatic heterocycles. The van der Waals surface area contributed by atoms with Crippen LogP contribution in [0.2, 0.25) is 0 Å². The van der Waals surface area contributed by atoms with Gasteiger partial charge in [0.25, 0.3) is 0 Å². The summed E-state index contributed by atoms with van der Waals surface area (Å²) >= 11 is 0. The van der Waals surface area contributed by atoms with Gasteiger partial charge in [-0.1, -0.05) is 12.0 Å². The maximum atomic E-state index is 5.90. The average molecular weight is 275 g/mol. The zero-order valence-electron chi connectivity index (χ0n) is 13.1. The Kier molecular flexibility index (Phi) is 3.94. The van der Waals surface area contributed by atoms with Gasteiger partial charge < -0.3 is 14.0 Å². The van der Waals surface area contributed by atoms with Gasteiger partial charge in [-0.15, -0.1) is 0 Å². The van der Waals surface area contributed by atoms with Crippen LogP contribution in [0.3, 0.4) is 0 Å². The van der Waals surface area contributed by atoms with Gasteiger partial charge in [0.15, 0.2) is 0 Å². The second kappa shape index (κ2) is 5.22. The van der Waals surface area contributed by atoms with Crippen molar-refractivity contribution in [1.82, 2.24) is 4.98 Å². The predicted molar refractivity (Wildman–Crippen MR) is 80.6 cm³/mol. The van der Waals surface area contributed by atoms with E-state index in [1.165, 1.54) is 0 Å². The average Bonchev–Trinajstić information content (AvgIpc) is 2.57. The molecular formula is C15H22BNO3. The van der Waals surface area contributed by atoms with Gasteiger partial charge in [-0.25, -0.2) is 4.98 Å². The largest absolute Gasteiger partial charge is 0.487 e. The van der Waals surface area contributed by atoms with Crippen molar-refractivity contribution >= 4 is 13.2 Å². The molecule has 2 rings (SSSR count). The van der Waals surface area contributed by atoms with E-state index < -0.39 is 0 Å².